The first-order chi connectivity index (χ1) is 13.7. The molecule has 7 heteroatoms. The third kappa shape index (κ3) is 3.76. The first-order valence-corrected chi connectivity index (χ1v) is 10.2. The molecule has 5 nitrogen and oxygen atoms in total. The number of fused-ring (bicyclic) bond motifs is 1. The van der Waals surface area contributed by atoms with Crippen LogP contribution in [0.15, 0.2) is 71.5 Å². The molecule has 28 heavy (non-hydrogen) atoms. The maximum absolute atomic E-state index is 13.4. The zero-order valence-corrected chi connectivity index (χ0v) is 17.4. The predicted octanol–water partition coefficient (Wildman–Crippen LogP) is 5.31. The highest BCUT2D eigenvalue weighted by atomic mass is 79.9. The van der Waals surface area contributed by atoms with Gasteiger partial charge in [-0.05, 0) is 57.9 Å². The lowest BCUT2D eigenvalue weighted by atomic mass is 10.2. The number of anilines is 1. The van der Waals surface area contributed by atoms with Crippen LogP contribution in [0, 0.1) is 0 Å². The minimum absolute atomic E-state index is 0.123. The molecule has 0 bridgehead atoms. The number of pyridine rings is 1. The maximum Gasteiger partial charge on any atom is 0.261 e. The highest BCUT2D eigenvalue weighted by molar-refractivity contribution is 9.10. The molecular formula is C21H16BrN3O2S. The number of hydrogen-bond acceptors (Lipinski definition) is 5. The Balaban J connectivity index is 1.78. The van der Waals surface area contributed by atoms with Crippen molar-refractivity contribution in [2.75, 3.05) is 12.0 Å². The molecule has 2 heterocycles. The zero-order chi connectivity index (χ0) is 19.5. The summed E-state index contributed by atoms with van der Waals surface area (Å²) in [5.41, 5.74) is 2.35. The minimum Gasteiger partial charge on any atom is -0.497 e. The van der Waals surface area contributed by atoms with Crippen LogP contribution in [-0.4, -0.2) is 23.0 Å². The molecule has 0 spiro atoms. The average molecular weight is 454 g/mol. The lowest BCUT2D eigenvalue weighted by Gasteiger charge is -2.20. The topological polar surface area (TPSA) is 55.3 Å². The monoisotopic (exact) mass is 453 g/mol. The summed E-state index contributed by atoms with van der Waals surface area (Å²) in [6.07, 6.45) is 3.48. The first kappa shape index (κ1) is 18.6. The van der Waals surface area contributed by atoms with Gasteiger partial charge in [0, 0.05) is 16.9 Å². The molecule has 0 unspecified atom stereocenters. The molecule has 4 rings (SSSR count). The summed E-state index contributed by atoms with van der Waals surface area (Å²) < 4.78 is 7.02. The van der Waals surface area contributed by atoms with Crippen molar-refractivity contribution < 1.29 is 9.53 Å². The van der Waals surface area contributed by atoms with E-state index in [1.807, 2.05) is 48.5 Å². The van der Waals surface area contributed by atoms with Gasteiger partial charge in [-0.25, -0.2) is 4.98 Å². The largest absolute Gasteiger partial charge is 0.497 e. The van der Waals surface area contributed by atoms with Crippen LogP contribution in [0.25, 0.3) is 10.2 Å². The molecule has 0 atom stereocenters. The fraction of sp³-hybridized carbons (Fsp3) is 0.0952. The Hall–Kier alpha value is -2.77. The fourth-order valence-electron chi connectivity index (χ4n) is 2.82. The van der Waals surface area contributed by atoms with Crippen molar-refractivity contribution in [1.29, 1.82) is 0 Å². The Kier molecular flexibility index (Phi) is 5.36. The van der Waals surface area contributed by atoms with Crippen molar-refractivity contribution in [1.82, 2.24) is 9.97 Å². The van der Waals surface area contributed by atoms with E-state index in [0.29, 0.717) is 17.2 Å². The maximum atomic E-state index is 13.4. The molecule has 0 aliphatic rings. The summed E-state index contributed by atoms with van der Waals surface area (Å²) in [5.74, 6) is 0.640. The Labute approximate surface area is 174 Å². The van der Waals surface area contributed by atoms with Gasteiger partial charge in [0.1, 0.15) is 5.75 Å². The van der Waals surface area contributed by atoms with E-state index in [9.17, 15) is 4.79 Å². The molecule has 0 saturated heterocycles. The van der Waals surface area contributed by atoms with Crippen LogP contribution in [-0.2, 0) is 6.54 Å². The number of carbonyl (C=O) groups is 1. The highest BCUT2D eigenvalue weighted by Gasteiger charge is 2.23. The number of halogens is 1. The van der Waals surface area contributed by atoms with Gasteiger partial charge in [-0.3, -0.25) is 14.7 Å². The van der Waals surface area contributed by atoms with Gasteiger partial charge in [-0.1, -0.05) is 29.5 Å². The van der Waals surface area contributed by atoms with E-state index in [0.717, 1.165) is 26.0 Å². The number of ether oxygens (including phenoxy) is 1. The number of methoxy groups -OCH3 is 1. The van der Waals surface area contributed by atoms with Gasteiger partial charge in [-0.15, -0.1) is 0 Å². The highest BCUT2D eigenvalue weighted by Crippen LogP contribution is 2.33. The number of thiazole rings is 1. The molecule has 140 valence electrons. The number of nitrogens with zero attached hydrogens (tertiary/aromatic N) is 3. The fourth-order valence-corrected chi connectivity index (χ4v) is 4.26. The van der Waals surface area contributed by atoms with Gasteiger partial charge in [0.15, 0.2) is 5.13 Å². The van der Waals surface area contributed by atoms with Crippen LogP contribution in [0.5, 0.6) is 5.75 Å². The van der Waals surface area contributed by atoms with E-state index in [-0.39, 0.29) is 5.91 Å². The van der Waals surface area contributed by atoms with Gasteiger partial charge in [0.25, 0.3) is 5.91 Å². The Morgan fingerprint density at radius 2 is 2.04 bits per heavy atom. The standard InChI is InChI=1S/C21H16BrN3O2S/c1-27-15-8-9-18-19(11-15)28-21(24-18)25(13-14-5-4-10-23-12-14)20(26)16-6-2-3-7-17(16)22/h2-12H,13H2,1H3. The first-order valence-electron chi connectivity index (χ1n) is 8.55. The van der Waals surface area contributed by atoms with E-state index in [1.165, 1.54) is 11.3 Å². The van der Waals surface area contributed by atoms with Gasteiger partial charge >= 0.3 is 0 Å². The second-order valence-corrected chi connectivity index (χ2v) is 7.93. The summed E-state index contributed by atoms with van der Waals surface area (Å²) in [6, 6.07) is 16.9. The molecular weight excluding hydrogens is 438 g/mol. The summed E-state index contributed by atoms with van der Waals surface area (Å²) in [7, 11) is 1.63. The molecule has 0 radical (unpaired) electrons. The third-order valence-electron chi connectivity index (χ3n) is 4.23. The van der Waals surface area contributed by atoms with Crippen LogP contribution in [0.3, 0.4) is 0 Å². The van der Waals surface area contributed by atoms with E-state index in [2.05, 4.69) is 20.9 Å². The SMILES string of the molecule is COc1ccc2nc(N(Cc3cccnc3)C(=O)c3ccccc3Br)sc2c1. The summed E-state index contributed by atoms with van der Waals surface area (Å²) >= 11 is 4.94. The summed E-state index contributed by atoms with van der Waals surface area (Å²) in [4.78, 5) is 23.9. The molecule has 0 saturated carbocycles. The van der Waals surface area contributed by atoms with E-state index >= 15 is 0 Å². The Morgan fingerprint density at radius 3 is 2.79 bits per heavy atom. The number of rotatable bonds is 5. The number of carbonyl (C=O) groups excluding carboxylic acids is 1. The van der Waals surface area contributed by atoms with Crippen molar-refractivity contribution in [2.45, 2.75) is 6.54 Å². The normalized spacial score (nSPS) is 10.8. The van der Waals surface area contributed by atoms with Crippen molar-refractivity contribution in [3.05, 3.63) is 82.6 Å². The molecule has 1 amide bonds. The van der Waals surface area contributed by atoms with Crippen LogP contribution in [0.2, 0.25) is 0 Å². The second kappa shape index (κ2) is 8.08. The van der Waals surface area contributed by atoms with Crippen molar-refractivity contribution >= 4 is 48.5 Å². The lowest BCUT2D eigenvalue weighted by Crippen LogP contribution is -2.30. The second-order valence-electron chi connectivity index (χ2n) is 6.06. The van der Waals surface area contributed by atoms with Gasteiger partial charge in [0.05, 0.1) is 29.4 Å². The molecule has 2 aromatic carbocycles. The smallest absolute Gasteiger partial charge is 0.261 e. The molecule has 4 aromatic rings. The van der Waals surface area contributed by atoms with Crippen molar-refractivity contribution in [3.8, 4) is 5.75 Å². The van der Waals surface area contributed by atoms with E-state index < -0.39 is 0 Å². The molecule has 0 aliphatic heterocycles. The number of hydrogen-bond donors (Lipinski definition) is 0. The van der Waals surface area contributed by atoms with Gasteiger partial charge in [-0.2, -0.15) is 0 Å². The average Bonchev–Trinajstić information content (AvgIpc) is 3.15. The zero-order valence-electron chi connectivity index (χ0n) is 15.0. The Morgan fingerprint density at radius 1 is 1.18 bits per heavy atom. The quantitative estimate of drug-likeness (QED) is 0.410. The number of benzene rings is 2. The summed E-state index contributed by atoms with van der Waals surface area (Å²) in [6.45, 7) is 0.380. The van der Waals surface area contributed by atoms with Crippen LogP contribution < -0.4 is 9.64 Å². The van der Waals surface area contributed by atoms with Crippen molar-refractivity contribution in [3.63, 3.8) is 0 Å². The van der Waals surface area contributed by atoms with E-state index in [4.69, 9.17) is 9.72 Å². The molecule has 2 aromatic heterocycles. The predicted molar refractivity (Wildman–Crippen MR) is 115 cm³/mol. The van der Waals surface area contributed by atoms with Crippen LogP contribution in [0.1, 0.15) is 15.9 Å². The number of amides is 1. The lowest BCUT2D eigenvalue weighted by molar-refractivity contribution is 0.0984. The molecule has 0 N–H and O–H groups in total. The third-order valence-corrected chi connectivity index (χ3v) is 5.96. The minimum atomic E-state index is -0.123. The molecule has 0 fully saturated rings. The molecule has 0 aliphatic carbocycles. The van der Waals surface area contributed by atoms with Crippen molar-refractivity contribution in [2.24, 2.45) is 0 Å². The van der Waals surface area contributed by atoms with Crippen LogP contribution in [0.4, 0.5) is 5.13 Å². The van der Waals surface area contributed by atoms with Crippen LogP contribution >= 0.6 is 27.3 Å². The Bertz CT molecular complexity index is 1130. The van der Waals surface area contributed by atoms with Gasteiger partial charge in [0.2, 0.25) is 0 Å². The number of aromatic nitrogens is 2. The summed E-state index contributed by atoms with van der Waals surface area (Å²) in [5, 5.41) is 0.632. The van der Waals surface area contributed by atoms with E-state index in [1.54, 1.807) is 30.5 Å². The van der Waals surface area contributed by atoms with Gasteiger partial charge < -0.3 is 4.74 Å².